The highest BCUT2D eigenvalue weighted by Gasteiger charge is 2.29. The number of fused-ring (bicyclic) bond motifs is 2. The zero-order valence-electron chi connectivity index (χ0n) is 14.8. The van der Waals surface area contributed by atoms with Gasteiger partial charge in [-0.15, -0.1) is 0 Å². The molecule has 1 aliphatic carbocycles. The summed E-state index contributed by atoms with van der Waals surface area (Å²) in [7, 11) is 1.72. The van der Waals surface area contributed by atoms with Crippen molar-refractivity contribution in [3.63, 3.8) is 0 Å². The van der Waals surface area contributed by atoms with Crippen molar-refractivity contribution >= 4 is 10.8 Å². The van der Waals surface area contributed by atoms with Crippen LogP contribution < -0.4 is 9.47 Å². The molecule has 5 heteroatoms. The molecule has 26 heavy (non-hydrogen) atoms. The first kappa shape index (κ1) is 16.0. The lowest BCUT2D eigenvalue weighted by atomic mass is 9.90. The fourth-order valence-electron chi connectivity index (χ4n) is 3.51. The van der Waals surface area contributed by atoms with E-state index in [4.69, 9.17) is 23.7 Å². The highest BCUT2D eigenvalue weighted by molar-refractivity contribution is 5.96. The lowest BCUT2D eigenvalue weighted by Crippen LogP contribution is -2.14. The van der Waals surface area contributed by atoms with E-state index in [1.54, 1.807) is 7.11 Å². The Morgan fingerprint density at radius 3 is 2.04 bits per heavy atom. The van der Waals surface area contributed by atoms with Gasteiger partial charge in [-0.05, 0) is 12.5 Å². The summed E-state index contributed by atoms with van der Waals surface area (Å²) in [5.74, 6) is 2.85. The normalized spacial score (nSPS) is 23.2. The average Bonchev–Trinajstić information content (AvgIpc) is 3.59. The highest BCUT2D eigenvalue weighted by Crippen LogP contribution is 2.44. The number of epoxide rings is 2. The molecule has 2 fully saturated rings. The number of ether oxygens (including phenoxy) is 5. The Kier molecular flexibility index (Phi) is 3.98. The van der Waals surface area contributed by atoms with Gasteiger partial charge in [0, 0.05) is 28.3 Å². The highest BCUT2D eigenvalue weighted by atomic mass is 16.6. The molecule has 136 valence electrons. The summed E-state index contributed by atoms with van der Waals surface area (Å²) >= 11 is 0. The zero-order chi connectivity index (χ0) is 17.5. The Morgan fingerprint density at radius 1 is 0.923 bits per heavy atom. The van der Waals surface area contributed by atoms with Crippen LogP contribution in [0.25, 0.3) is 10.8 Å². The van der Waals surface area contributed by atoms with Crippen molar-refractivity contribution in [2.75, 3.05) is 33.5 Å². The minimum absolute atomic E-state index is 0.216. The molecule has 2 aromatic carbocycles. The minimum atomic E-state index is 0.216. The molecule has 0 radical (unpaired) electrons. The van der Waals surface area contributed by atoms with E-state index in [1.165, 1.54) is 5.56 Å². The van der Waals surface area contributed by atoms with Gasteiger partial charge in [0.05, 0.1) is 26.1 Å². The van der Waals surface area contributed by atoms with Crippen molar-refractivity contribution in [2.24, 2.45) is 0 Å². The lowest BCUT2D eigenvalue weighted by Gasteiger charge is -2.25. The smallest absolute Gasteiger partial charge is 0.131 e. The standard InChI is InChI=1S/C21H22O5/c1-22-13-6-7-18-19(8-13)21(26-12-15-10-24-15)17-5-3-2-4-16(17)20(18)25-11-14-9-23-14/h2-6,14-15H,7-12H2,1H3. The van der Waals surface area contributed by atoms with Crippen LogP contribution in [0.4, 0.5) is 0 Å². The van der Waals surface area contributed by atoms with Crippen LogP contribution in [0.3, 0.4) is 0 Å². The van der Waals surface area contributed by atoms with Crippen molar-refractivity contribution in [3.8, 4) is 11.5 Å². The topological polar surface area (TPSA) is 52.8 Å². The molecular weight excluding hydrogens is 332 g/mol. The van der Waals surface area contributed by atoms with Crippen molar-refractivity contribution < 1.29 is 23.7 Å². The maximum Gasteiger partial charge on any atom is 0.131 e. The molecule has 2 saturated heterocycles. The fraction of sp³-hybridized carbons (Fsp3) is 0.429. The van der Waals surface area contributed by atoms with Crippen molar-refractivity contribution in [1.29, 1.82) is 0 Å². The summed E-state index contributed by atoms with van der Waals surface area (Å²) in [6, 6.07) is 8.29. The second-order valence-electron chi connectivity index (χ2n) is 6.95. The molecule has 0 aromatic heterocycles. The molecule has 2 atom stereocenters. The van der Waals surface area contributed by atoms with Crippen molar-refractivity contribution in [2.45, 2.75) is 25.0 Å². The predicted octanol–water partition coefficient (Wildman–Crippen LogP) is 3.02. The van der Waals surface area contributed by atoms with E-state index >= 15 is 0 Å². The van der Waals surface area contributed by atoms with E-state index < -0.39 is 0 Å². The largest absolute Gasteiger partial charge is 0.501 e. The third-order valence-electron chi connectivity index (χ3n) is 5.11. The van der Waals surface area contributed by atoms with Crippen LogP contribution in [0.5, 0.6) is 11.5 Å². The van der Waals surface area contributed by atoms with Gasteiger partial charge in [-0.3, -0.25) is 0 Å². The summed E-state index contributed by atoms with van der Waals surface area (Å²) in [6.07, 6.45) is 4.06. The zero-order valence-corrected chi connectivity index (χ0v) is 14.8. The molecule has 0 spiro atoms. The van der Waals surface area contributed by atoms with Gasteiger partial charge >= 0.3 is 0 Å². The molecule has 0 N–H and O–H groups in total. The Hall–Kier alpha value is -2.24. The van der Waals surface area contributed by atoms with Gasteiger partial charge in [-0.2, -0.15) is 0 Å². The predicted molar refractivity (Wildman–Crippen MR) is 96.9 cm³/mol. The van der Waals surface area contributed by atoms with Gasteiger partial charge < -0.3 is 23.7 Å². The van der Waals surface area contributed by atoms with Crippen molar-refractivity contribution in [1.82, 2.24) is 0 Å². The molecule has 5 nitrogen and oxygen atoms in total. The first-order valence-electron chi connectivity index (χ1n) is 9.11. The van der Waals surface area contributed by atoms with E-state index in [9.17, 15) is 0 Å². The second kappa shape index (κ2) is 6.49. The molecule has 2 aromatic rings. The van der Waals surface area contributed by atoms with Crippen LogP contribution in [-0.2, 0) is 27.1 Å². The van der Waals surface area contributed by atoms with E-state index in [1.807, 2.05) is 12.1 Å². The van der Waals surface area contributed by atoms with Gasteiger partial charge in [0.1, 0.15) is 36.9 Å². The van der Waals surface area contributed by atoms with Gasteiger partial charge in [0.2, 0.25) is 0 Å². The molecule has 2 unspecified atom stereocenters. The summed E-state index contributed by atoms with van der Waals surface area (Å²) in [5, 5.41) is 2.17. The molecule has 0 amide bonds. The van der Waals surface area contributed by atoms with Gasteiger partial charge in [-0.1, -0.05) is 24.3 Å². The van der Waals surface area contributed by atoms with E-state index in [0.29, 0.717) is 19.6 Å². The molecule has 3 aliphatic rings. The molecule has 5 rings (SSSR count). The summed E-state index contributed by atoms with van der Waals surface area (Å²) in [5.41, 5.74) is 2.35. The summed E-state index contributed by atoms with van der Waals surface area (Å²) in [4.78, 5) is 0. The Morgan fingerprint density at radius 2 is 1.50 bits per heavy atom. The van der Waals surface area contributed by atoms with Gasteiger partial charge in [0.25, 0.3) is 0 Å². The fourth-order valence-corrected chi connectivity index (χ4v) is 3.51. The number of methoxy groups -OCH3 is 1. The maximum atomic E-state index is 6.24. The number of allylic oxidation sites excluding steroid dienone is 2. The lowest BCUT2D eigenvalue weighted by molar-refractivity contribution is 0.252. The van der Waals surface area contributed by atoms with Crippen LogP contribution in [0.15, 0.2) is 36.1 Å². The Balaban J connectivity index is 1.62. The maximum absolute atomic E-state index is 6.24. The Bertz CT molecular complexity index is 864. The van der Waals surface area contributed by atoms with Crippen LogP contribution >= 0.6 is 0 Å². The summed E-state index contributed by atoms with van der Waals surface area (Å²) in [6.45, 7) is 2.74. The van der Waals surface area contributed by atoms with E-state index in [2.05, 4.69) is 18.2 Å². The van der Waals surface area contributed by atoms with Crippen LogP contribution in [-0.4, -0.2) is 45.7 Å². The van der Waals surface area contributed by atoms with Crippen LogP contribution in [0.2, 0.25) is 0 Å². The molecule has 0 bridgehead atoms. The molecule has 0 saturated carbocycles. The van der Waals surface area contributed by atoms with Gasteiger partial charge in [0.15, 0.2) is 0 Å². The molecule has 2 aliphatic heterocycles. The SMILES string of the molecule is COC1=CCc2c(c(OCC3CO3)c3ccccc3c2OCC2CO2)C1. The second-order valence-corrected chi connectivity index (χ2v) is 6.95. The number of rotatable bonds is 7. The van der Waals surface area contributed by atoms with Crippen molar-refractivity contribution in [3.05, 3.63) is 47.2 Å². The van der Waals surface area contributed by atoms with Crippen LogP contribution in [0.1, 0.15) is 11.1 Å². The van der Waals surface area contributed by atoms with Gasteiger partial charge in [-0.25, -0.2) is 0 Å². The quantitative estimate of drug-likeness (QED) is 0.716. The minimum Gasteiger partial charge on any atom is -0.501 e. The summed E-state index contributed by atoms with van der Waals surface area (Å²) < 4.78 is 28.6. The average molecular weight is 354 g/mol. The third kappa shape index (κ3) is 3.02. The van der Waals surface area contributed by atoms with Crippen LogP contribution in [0, 0.1) is 0 Å². The van der Waals surface area contributed by atoms with E-state index in [-0.39, 0.29) is 12.2 Å². The third-order valence-corrected chi connectivity index (χ3v) is 5.11. The molecular formula is C21H22O5. The monoisotopic (exact) mass is 354 g/mol. The Labute approximate surface area is 152 Å². The first-order chi connectivity index (χ1) is 12.8. The first-order valence-corrected chi connectivity index (χ1v) is 9.11. The number of hydrogen-bond acceptors (Lipinski definition) is 5. The van der Waals surface area contributed by atoms with E-state index in [0.717, 1.165) is 53.2 Å². The number of benzene rings is 2. The number of hydrogen-bond donors (Lipinski definition) is 0. The molecule has 2 heterocycles.